The molecule has 0 radical (unpaired) electrons. The topological polar surface area (TPSA) is 119 Å². The molecule has 11 heteroatoms. The first kappa shape index (κ1) is 33.2. The fraction of sp³-hybridized carbons (Fsp3) is 0.824. The second kappa shape index (κ2) is 12.7. The monoisotopic (exact) mass is 648 g/mol. The standard InChI is InChI=1S/C34H53N2O8P/c1-5-42-45(40,43-6-2)23-35-17-19-36(20-18-35)31(38)44-26-11-14-32(3)25(21-26)8-9-29-28(32)12-15-33(4)27(13-16-34(29,33)39)24-7-10-30(37)41-22-24/h7,10,22,25-29,39H,5-6,8-9,11-21,23H2,1-4H3/t25?,26-,27+,28?,29?,32-,33+,34-/m0/s1. The van der Waals surface area contributed by atoms with Gasteiger partial charge in [0.15, 0.2) is 0 Å². The maximum absolute atomic E-state index is 13.2. The molecule has 5 fully saturated rings. The van der Waals surface area contributed by atoms with Gasteiger partial charge in [0.05, 0.1) is 25.1 Å². The quantitative estimate of drug-likeness (QED) is 0.328. The van der Waals surface area contributed by atoms with Crippen molar-refractivity contribution in [3.05, 3.63) is 34.4 Å². The highest BCUT2D eigenvalue weighted by Crippen LogP contribution is 2.70. The molecule has 1 saturated heterocycles. The van der Waals surface area contributed by atoms with Crippen LogP contribution in [0.4, 0.5) is 4.79 Å². The van der Waals surface area contributed by atoms with Gasteiger partial charge in [-0.25, -0.2) is 9.59 Å². The predicted molar refractivity (Wildman–Crippen MR) is 170 cm³/mol. The average molecular weight is 649 g/mol. The van der Waals surface area contributed by atoms with E-state index in [1.165, 1.54) is 6.07 Å². The first-order chi connectivity index (χ1) is 21.4. The van der Waals surface area contributed by atoms with Crippen molar-refractivity contribution < 1.29 is 32.7 Å². The largest absolute Gasteiger partial charge is 0.446 e. The Labute approximate surface area is 267 Å². The number of rotatable bonds is 8. The number of carbonyl (C=O) groups is 1. The Balaban J connectivity index is 1.04. The van der Waals surface area contributed by atoms with Gasteiger partial charge in [0.2, 0.25) is 0 Å². The summed E-state index contributed by atoms with van der Waals surface area (Å²) in [5.74, 6) is 1.38. The summed E-state index contributed by atoms with van der Waals surface area (Å²) >= 11 is 0. The maximum atomic E-state index is 13.2. The Morgan fingerprint density at radius 3 is 2.38 bits per heavy atom. The van der Waals surface area contributed by atoms with Crippen molar-refractivity contribution in [2.24, 2.45) is 28.6 Å². The fourth-order valence-electron chi connectivity index (χ4n) is 10.4. The molecule has 6 rings (SSSR count). The van der Waals surface area contributed by atoms with E-state index in [0.717, 1.165) is 63.4 Å². The molecule has 0 aromatic carbocycles. The second-order valence-corrected chi connectivity index (χ2v) is 16.8. The van der Waals surface area contributed by atoms with Gasteiger partial charge in [-0.3, -0.25) is 9.46 Å². The van der Waals surface area contributed by atoms with E-state index in [1.54, 1.807) is 11.2 Å². The van der Waals surface area contributed by atoms with Crippen LogP contribution >= 0.6 is 7.60 Å². The van der Waals surface area contributed by atoms with Gasteiger partial charge in [-0.2, -0.15) is 0 Å². The number of fused-ring (bicyclic) bond motifs is 5. The van der Waals surface area contributed by atoms with Crippen molar-refractivity contribution in [2.45, 2.75) is 103 Å². The summed E-state index contributed by atoms with van der Waals surface area (Å²) in [5, 5.41) is 12.5. The van der Waals surface area contributed by atoms with Crippen LogP contribution in [0.2, 0.25) is 0 Å². The number of hydrogen-bond donors (Lipinski definition) is 1. The minimum Gasteiger partial charge on any atom is -0.446 e. The number of hydrogen-bond acceptors (Lipinski definition) is 9. The highest BCUT2D eigenvalue weighted by Gasteiger charge is 2.67. The molecule has 1 aliphatic heterocycles. The number of ether oxygens (including phenoxy) is 1. The van der Waals surface area contributed by atoms with Gasteiger partial charge in [0.1, 0.15) is 12.4 Å². The molecule has 4 aliphatic carbocycles. The molecule has 252 valence electrons. The lowest BCUT2D eigenvalue weighted by Crippen LogP contribution is -2.62. The first-order valence-electron chi connectivity index (χ1n) is 17.3. The molecule has 0 bridgehead atoms. The third kappa shape index (κ3) is 5.96. The summed E-state index contributed by atoms with van der Waals surface area (Å²) in [5.41, 5.74) is -0.140. The summed E-state index contributed by atoms with van der Waals surface area (Å²) in [6.07, 6.45) is 10.1. The van der Waals surface area contributed by atoms with Gasteiger partial charge in [0, 0.05) is 37.7 Å². The van der Waals surface area contributed by atoms with Crippen LogP contribution < -0.4 is 5.63 Å². The van der Waals surface area contributed by atoms with Crippen molar-refractivity contribution in [1.29, 1.82) is 0 Å². The molecule has 10 nitrogen and oxygen atoms in total. The zero-order chi connectivity index (χ0) is 32.0. The number of aliphatic hydroxyl groups is 1. The zero-order valence-corrected chi connectivity index (χ0v) is 28.5. The van der Waals surface area contributed by atoms with Crippen molar-refractivity contribution >= 4 is 13.7 Å². The van der Waals surface area contributed by atoms with E-state index in [9.17, 15) is 19.3 Å². The van der Waals surface area contributed by atoms with Crippen LogP contribution in [0.25, 0.3) is 0 Å². The fourth-order valence-corrected chi connectivity index (χ4v) is 12.2. The molecular formula is C34H53N2O8P. The molecule has 5 aliphatic rings. The first-order valence-corrected chi connectivity index (χ1v) is 19.0. The van der Waals surface area contributed by atoms with Crippen LogP contribution in [0.1, 0.15) is 97.0 Å². The van der Waals surface area contributed by atoms with Crippen LogP contribution in [-0.4, -0.2) is 78.4 Å². The Bertz CT molecular complexity index is 1300. The van der Waals surface area contributed by atoms with Crippen LogP contribution in [0.15, 0.2) is 27.6 Å². The Morgan fingerprint density at radius 2 is 1.71 bits per heavy atom. The van der Waals surface area contributed by atoms with Crippen LogP contribution in [0.5, 0.6) is 0 Å². The molecule has 2 heterocycles. The minimum atomic E-state index is -3.16. The molecule has 1 aromatic rings. The van der Waals surface area contributed by atoms with Crippen LogP contribution in [0.3, 0.4) is 0 Å². The maximum Gasteiger partial charge on any atom is 0.410 e. The van der Waals surface area contributed by atoms with Gasteiger partial charge < -0.3 is 28.2 Å². The average Bonchev–Trinajstić information content (AvgIpc) is 3.29. The third-order valence-corrected chi connectivity index (χ3v) is 14.9. The SMILES string of the molecule is CCOP(=O)(CN1CCN(C(=O)O[C@H]2CC[C@@]3(C)C(CCC4C3CC[C@]3(C)[C@@H](c5ccc(=O)oc5)CC[C@]43O)C2)CC1)OCC. The van der Waals surface area contributed by atoms with Gasteiger partial charge in [-0.05, 0) is 112 Å². The van der Waals surface area contributed by atoms with Crippen molar-refractivity contribution in [2.75, 3.05) is 45.7 Å². The minimum absolute atomic E-state index is 0.0816. The number of carbonyl (C=O) groups excluding carboxylic acids is 1. The van der Waals surface area contributed by atoms with Gasteiger partial charge in [-0.15, -0.1) is 0 Å². The van der Waals surface area contributed by atoms with Crippen molar-refractivity contribution in [3.8, 4) is 0 Å². The normalized spacial score (nSPS) is 38.7. The van der Waals surface area contributed by atoms with E-state index in [0.29, 0.717) is 51.2 Å². The molecule has 1 amide bonds. The van der Waals surface area contributed by atoms with E-state index in [-0.39, 0.29) is 46.8 Å². The third-order valence-electron chi connectivity index (χ3n) is 12.9. The summed E-state index contributed by atoms with van der Waals surface area (Å²) in [6, 6.07) is 3.40. The lowest BCUT2D eigenvalue weighted by molar-refractivity contribution is -0.205. The lowest BCUT2D eigenvalue weighted by atomic mass is 9.43. The highest BCUT2D eigenvalue weighted by molar-refractivity contribution is 7.53. The molecular weight excluding hydrogens is 595 g/mol. The van der Waals surface area contributed by atoms with E-state index in [2.05, 4.69) is 13.8 Å². The molecule has 1 aromatic heterocycles. The van der Waals surface area contributed by atoms with E-state index in [4.69, 9.17) is 18.2 Å². The molecule has 4 saturated carbocycles. The number of nitrogens with zero attached hydrogens (tertiary/aromatic N) is 2. The predicted octanol–water partition coefficient (Wildman–Crippen LogP) is 6.23. The molecule has 3 unspecified atom stereocenters. The molecule has 8 atom stereocenters. The Morgan fingerprint density at radius 1 is 0.978 bits per heavy atom. The number of piperazine rings is 1. The van der Waals surface area contributed by atoms with Gasteiger partial charge >= 0.3 is 19.3 Å². The number of amides is 1. The zero-order valence-electron chi connectivity index (χ0n) is 27.6. The summed E-state index contributed by atoms with van der Waals surface area (Å²) < 4.78 is 35.2. The Hall–Kier alpha value is -1.71. The smallest absolute Gasteiger partial charge is 0.410 e. The second-order valence-electron chi connectivity index (χ2n) is 14.8. The summed E-state index contributed by atoms with van der Waals surface area (Å²) in [6.45, 7) is 11.3. The van der Waals surface area contributed by atoms with Crippen LogP contribution in [0, 0.1) is 28.6 Å². The van der Waals surface area contributed by atoms with Crippen molar-refractivity contribution in [3.63, 3.8) is 0 Å². The van der Waals surface area contributed by atoms with E-state index in [1.807, 2.05) is 24.8 Å². The van der Waals surface area contributed by atoms with Crippen LogP contribution in [-0.2, 0) is 18.3 Å². The highest BCUT2D eigenvalue weighted by atomic mass is 31.2. The van der Waals surface area contributed by atoms with Crippen molar-refractivity contribution in [1.82, 2.24) is 9.80 Å². The van der Waals surface area contributed by atoms with Gasteiger partial charge in [0.25, 0.3) is 0 Å². The lowest BCUT2D eigenvalue weighted by Gasteiger charge is -2.63. The van der Waals surface area contributed by atoms with E-state index < -0.39 is 13.2 Å². The molecule has 1 N–H and O–H groups in total. The summed E-state index contributed by atoms with van der Waals surface area (Å²) in [4.78, 5) is 28.7. The molecule has 0 spiro atoms. The molecule has 45 heavy (non-hydrogen) atoms. The summed E-state index contributed by atoms with van der Waals surface area (Å²) in [7, 11) is -3.16. The van der Waals surface area contributed by atoms with Gasteiger partial charge in [-0.1, -0.05) is 13.8 Å². The Kier molecular flexibility index (Phi) is 9.38. The van der Waals surface area contributed by atoms with E-state index >= 15 is 0 Å².